The zero-order valence-electron chi connectivity index (χ0n) is 20.0. The van der Waals surface area contributed by atoms with Gasteiger partial charge in [-0.15, -0.1) is 0 Å². The fourth-order valence-electron chi connectivity index (χ4n) is 3.86. The molecule has 36 heavy (non-hydrogen) atoms. The summed E-state index contributed by atoms with van der Waals surface area (Å²) in [5.41, 5.74) is 3.36. The van der Waals surface area contributed by atoms with Crippen LogP contribution in [0.5, 0.6) is 5.75 Å². The van der Waals surface area contributed by atoms with Gasteiger partial charge in [0.25, 0.3) is 5.91 Å². The zero-order valence-corrected chi connectivity index (χ0v) is 20.9. The number of carbonyl (C=O) groups is 2. The quantitative estimate of drug-likeness (QED) is 0.304. The number of hydrogen-bond donors (Lipinski definition) is 3. The van der Waals surface area contributed by atoms with Gasteiger partial charge in [0.05, 0.1) is 5.52 Å². The maximum atomic E-state index is 12.9. The Balaban J connectivity index is 1.40. The third-order valence-corrected chi connectivity index (χ3v) is 6.45. The fourth-order valence-corrected chi connectivity index (χ4v) is 4.54. The molecule has 2 amide bonds. The number of H-pyrrole nitrogens is 1. The van der Waals surface area contributed by atoms with Crippen molar-refractivity contribution in [1.82, 2.24) is 25.8 Å². The number of aryl methyl sites for hydroxylation is 1. The molecule has 2 heterocycles. The van der Waals surface area contributed by atoms with Gasteiger partial charge in [-0.1, -0.05) is 29.5 Å². The van der Waals surface area contributed by atoms with Gasteiger partial charge in [-0.3, -0.25) is 19.4 Å². The molecule has 0 aliphatic heterocycles. The number of amides is 2. The molecular weight excluding hydrogens is 478 g/mol. The van der Waals surface area contributed by atoms with Crippen molar-refractivity contribution in [3.8, 4) is 5.75 Å². The number of nitrogens with one attached hydrogen (secondary N) is 3. The Hall–Kier alpha value is -4.05. The first-order valence-corrected chi connectivity index (χ1v) is 12.4. The van der Waals surface area contributed by atoms with Gasteiger partial charge < -0.3 is 15.4 Å². The van der Waals surface area contributed by atoms with Crippen LogP contribution in [0.15, 0.2) is 59.4 Å². The Morgan fingerprint density at radius 2 is 1.92 bits per heavy atom. The first-order chi connectivity index (χ1) is 17.4. The van der Waals surface area contributed by atoms with E-state index in [0.717, 1.165) is 33.5 Å². The average Bonchev–Trinajstić information content (AvgIpc) is 3.30. The normalized spacial score (nSPS) is 11.7. The fraction of sp³-hybridized carbons (Fsp3) is 0.269. The number of carbonyl (C=O) groups excluding carboxylic acids is 2. The second-order valence-electron chi connectivity index (χ2n) is 8.35. The average molecular weight is 506 g/mol. The van der Waals surface area contributed by atoms with Crippen molar-refractivity contribution in [2.75, 3.05) is 7.05 Å². The number of fused-ring (bicyclic) bond motifs is 1. The van der Waals surface area contributed by atoms with Gasteiger partial charge in [-0.2, -0.15) is 5.10 Å². The summed E-state index contributed by atoms with van der Waals surface area (Å²) in [4.78, 5) is 40.3. The van der Waals surface area contributed by atoms with Gasteiger partial charge in [-0.25, -0.2) is 5.10 Å². The van der Waals surface area contributed by atoms with Gasteiger partial charge >= 0.3 is 4.87 Å². The molecule has 1 unspecified atom stereocenters. The lowest BCUT2D eigenvalue weighted by atomic mass is 10.1. The molecule has 0 aliphatic rings. The van der Waals surface area contributed by atoms with Crippen LogP contribution in [-0.2, 0) is 17.8 Å². The number of benzene rings is 2. The van der Waals surface area contributed by atoms with Crippen LogP contribution in [0.3, 0.4) is 0 Å². The highest BCUT2D eigenvalue weighted by atomic mass is 32.1. The van der Waals surface area contributed by atoms with Crippen molar-refractivity contribution in [3.05, 3.63) is 86.1 Å². The van der Waals surface area contributed by atoms with E-state index in [1.54, 1.807) is 31.3 Å². The van der Waals surface area contributed by atoms with Crippen LogP contribution in [0.4, 0.5) is 0 Å². The van der Waals surface area contributed by atoms with Crippen molar-refractivity contribution in [3.63, 3.8) is 0 Å². The minimum atomic E-state index is -0.354. The molecule has 2 aromatic heterocycles. The molecule has 0 saturated heterocycles. The smallest absolute Gasteiger partial charge is 0.322 e. The third-order valence-electron chi connectivity index (χ3n) is 5.68. The van der Waals surface area contributed by atoms with Crippen molar-refractivity contribution < 1.29 is 14.3 Å². The molecule has 0 fully saturated rings. The SMILES string of the molecule is CNC(=O)CCC(Cc1n[nH]c(=O)s1)NC(=O)c1ccc(OCc2cc(C)nc3ccccc23)cc1. The summed E-state index contributed by atoms with van der Waals surface area (Å²) in [5, 5.41) is 13.5. The summed E-state index contributed by atoms with van der Waals surface area (Å²) in [6.07, 6.45) is 1.02. The summed E-state index contributed by atoms with van der Waals surface area (Å²) >= 11 is 0.991. The van der Waals surface area contributed by atoms with E-state index in [-0.39, 0.29) is 29.1 Å². The number of hydrogen-bond acceptors (Lipinski definition) is 7. The first kappa shape index (κ1) is 25.1. The summed E-state index contributed by atoms with van der Waals surface area (Å²) in [6.45, 7) is 2.33. The topological polar surface area (TPSA) is 126 Å². The van der Waals surface area contributed by atoms with Crippen LogP contribution in [0.25, 0.3) is 10.9 Å². The number of aromatic nitrogens is 3. The van der Waals surface area contributed by atoms with Gasteiger partial charge in [0.15, 0.2) is 0 Å². The molecule has 10 heteroatoms. The lowest BCUT2D eigenvalue weighted by molar-refractivity contribution is -0.120. The molecule has 0 saturated carbocycles. The molecule has 186 valence electrons. The number of aromatic amines is 1. The highest BCUT2D eigenvalue weighted by molar-refractivity contribution is 7.08. The number of ether oxygens (including phenoxy) is 1. The van der Waals surface area contributed by atoms with Gasteiger partial charge in [-0.05, 0) is 49.7 Å². The highest BCUT2D eigenvalue weighted by Crippen LogP contribution is 2.21. The van der Waals surface area contributed by atoms with E-state index in [2.05, 4.69) is 25.8 Å². The Kier molecular flexibility index (Phi) is 8.06. The standard InChI is InChI=1S/C26H27N5O4S/c1-16-13-18(21-5-3-4-6-22(21)28-16)15-35-20-10-7-17(8-11-20)25(33)29-19(9-12-23(32)27-2)14-24-30-31-26(34)36-24/h3-8,10-11,13,19H,9,12,14-15H2,1-2H3,(H,27,32)(H,29,33)(H,31,34). The van der Waals surface area contributed by atoms with E-state index < -0.39 is 0 Å². The summed E-state index contributed by atoms with van der Waals surface area (Å²) in [6, 6.07) is 16.5. The van der Waals surface area contributed by atoms with E-state index in [4.69, 9.17) is 4.74 Å². The Bertz CT molecular complexity index is 1410. The minimum absolute atomic E-state index is 0.122. The van der Waals surface area contributed by atoms with Gasteiger partial charge in [0, 0.05) is 48.1 Å². The summed E-state index contributed by atoms with van der Waals surface area (Å²) < 4.78 is 5.99. The predicted molar refractivity (Wildman–Crippen MR) is 138 cm³/mol. The lowest BCUT2D eigenvalue weighted by Gasteiger charge is -2.17. The van der Waals surface area contributed by atoms with Crippen molar-refractivity contribution in [2.45, 2.75) is 38.8 Å². The lowest BCUT2D eigenvalue weighted by Crippen LogP contribution is -2.37. The molecule has 0 bridgehead atoms. The Morgan fingerprint density at radius 3 is 2.64 bits per heavy atom. The van der Waals surface area contributed by atoms with Gasteiger partial charge in [0.2, 0.25) is 5.91 Å². The molecule has 4 rings (SSSR count). The van der Waals surface area contributed by atoms with Crippen molar-refractivity contribution >= 4 is 34.1 Å². The Morgan fingerprint density at radius 1 is 1.14 bits per heavy atom. The molecule has 4 aromatic rings. The van der Waals surface area contributed by atoms with E-state index >= 15 is 0 Å². The van der Waals surface area contributed by atoms with Crippen LogP contribution >= 0.6 is 11.3 Å². The predicted octanol–water partition coefficient (Wildman–Crippen LogP) is 3.13. The molecule has 2 aromatic carbocycles. The van der Waals surface area contributed by atoms with Crippen LogP contribution in [0.1, 0.15) is 39.5 Å². The van der Waals surface area contributed by atoms with Crippen LogP contribution < -0.4 is 20.2 Å². The van der Waals surface area contributed by atoms with Crippen LogP contribution in [-0.4, -0.2) is 40.1 Å². The van der Waals surface area contributed by atoms with E-state index in [1.807, 2.05) is 37.3 Å². The largest absolute Gasteiger partial charge is 0.489 e. The highest BCUT2D eigenvalue weighted by Gasteiger charge is 2.18. The number of pyridine rings is 1. The van der Waals surface area contributed by atoms with E-state index in [9.17, 15) is 14.4 Å². The molecule has 1 atom stereocenters. The number of para-hydroxylation sites is 1. The molecular formula is C26H27N5O4S. The van der Waals surface area contributed by atoms with Crippen molar-refractivity contribution in [2.24, 2.45) is 0 Å². The summed E-state index contributed by atoms with van der Waals surface area (Å²) in [5.74, 6) is 0.243. The van der Waals surface area contributed by atoms with Crippen LogP contribution in [0.2, 0.25) is 0 Å². The Labute approximate surface area is 211 Å². The van der Waals surface area contributed by atoms with Gasteiger partial charge in [0.1, 0.15) is 17.4 Å². The second-order valence-corrected chi connectivity index (χ2v) is 9.39. The van der Waals surface area contributed by atoms with Crippen LogP contribution in [0, 0.1) is 6.92 Å². The molecule has 0 spiro atoms. The van der Waals surface area contributed by atoms with E-state index in [0.29, 0.717) is 35.8 Å². The minimum Gasteiger partial charge on any atom is -0.489 e. The molecule has 0 aliphatic carbocycles. The first-order valence-electron chi connectivity index (χ1n) is 11.5. The molecule has 3 N–H and O–H groups in total. The monoisotopic (exact) mass is 505 g/mol. The molecule has 9 nitrogen and oxygen atoms in total. The van der Waals surface area contributed by atoms with E-state index in [1.165, 1.54) is 0 Å². The summed E-state index contributed by atoms with van der Waals surface area (Å²) in [7, 11) is 1.57. The number of nitrogens with zero attached hydrogens (tertiary/aromatic N) is 2. The molecule has 0 radical (unpaired) electrons. The number of rotatable bonds is 10. The maximum absolute atomic E-state index is 12.9. The second kappa shape index (κ2) is 11.6. The van der Waals surface area contributed by atoms with Crippen molar-refractivity contribution in [1.29, 1.82) is 0 Å². The maximum Gasteiger partial charge on any atom is 0.322 e. The third kappa shape index (κ3) is 6.54. The zero-order chi connectivity index (χ0) is 25.5.